The van der Waals surface area contributed by atoms with Gasteiger partial charge >= 0.3 is 21.7 Å². The van der Waals surface area contributed by atoms with Crippen LogP contribution in [0.4, 0.5) is 0 Å². The van der Waals surface area contributed by atoms with Gasteiger partial charge in [-0.3, -0.25) is 0 Å². The first kappa shape index (κ1) is 25.5. The van der Waals surface area contributed by atoms with E-state index in [1.807, 2.05) is 0 Å². The van der Waals surface area contributed by atoms with Crippen molar-refractivity contribution in [2.24, 2.45) is 0 Å². The summed E-state index contributed by atoms with van der Waals surface area (Å²) in [6.45, 7) is 3.05. The summed E-state index contributed by atoms with van der Waals surface area (Å²) in [5, 5.41) is 0. The van der Waals surface area contributed by atoms with Crippen LogP contribution in [-0.2, 0) is 21.7 Å². The molecule has 0 aliphatic heterocycles. The van der Waals surface area contributed by atoms with Gasteiger partial charge in [-0.15, -0.1) is 0 Å². The van der Waals surface area contributed by atoms with Crippen molar-refractivity contribution in [3.8, 4) is 0 Å². The standard InChI is InChI=1S/C3H3N.2ClH.Ti/c1-2-3-4;;;/h3H,1H2;2*1H;/q-1;;;+3/p-2. The van der Waals surface area contributed by atoms with Gasteiger partial charge < -0.3 is 30.5 Å². The van der Waals surface area contributed by atoms with Crippen LogP contribution in [0.15, 0.2) is 18.5 Å². The quantitative estimate of drug-likeness (QED) is 0.258. The summed E-state index contributed by atoms with van der Waals surface area (Å²) in [7, 11) is 0. The SMILES string of the molecule is C=C=C[N-].[Cl-].[Cl-].[Ti+3]. The number of hydrogen-bond acceptors (Lipinski definition) is 0. The molecule has 0 saturated carbocycles. The second-order valence-corrected chi connectivity index (χ2v) is 0.333. The van der Waals surface area contributed by atoms with E-state index < -0.39 is 0 Å². The fourth-order valence-corrected chi connectivity index (χ4v) is 0. The third kappa shape index (κ3) is 54.0. The van der Waals surface area contributed by atoms with E-state index >= 15 is 0 Å². The van der Waals surface area contributed by atoms with Crippen LogP contribution in [0.25, 0.3) is 5.73 Å². The second kappa shape index (κ2) is 30.5. The van der Waals surface area contributed by atoms with Crippen molar-refractivity contribution in [1.29, 1.82) is 0 Å². The van der Waals surface area contributed by atoms with Gasteiger partial charge in [0, 0.05) is 0 Å². The van der Waals surface area contributed by atoms with Gasteiger partial charge in [0.05, 0.1) is 0 Å². The van der Waals surface area contributed by atoms with E-state index in [9.17, 15) is 0 Å². The van der Waals surface area contributed by atoms with Gasteiger partial charge in [-0.2, -0.15) is 11.9 Å². The molecule has 38 valence electrons. The van der Waals surface area contributed by atoms with Crippen LogP contribution in [0, 0.1) is 0 Å². The normalized spacial score (nSPS) is 2.29. The molecule has 0 saturated heterocycles. The van der Waals surface area contributed by atoms with Crippen LogP contribution in [0.5, 0.6) is 0 Å². The Balaban J connectivity index is -0.0000000150. The molecule has 0 fully saturated rings. The van der Waals surface area contributed by atoms with Gasteiger partial charge in [-0.1, -0.05) is 6.58 Å². The number of hydrogen-bond donors (Lipinski definition) is 0. The van der Waals surface area contributed by atoms with Crippen LogP contribution in [0.3, 0.4) is 0 Å². The summed E-state index contributed by atoms with van der Waals surface area (Å²) < 4.78 is 0. The van der Waals surface area contributed by atoms with E-state index in [0.717, 1.165) is 6.20 Å². The monoisotopic (exact) mass is 171 g/mol. The van der Waals surface area contributed by atoms with E-state index in [0.29, 0.717) is 0 Å². The van der Waals surface area contributed by atoms with Crippen molar-refractivity contribution in [2.75, 3.05) is 0 Å². The Morgan fingerprint density at radius 2 is 1.57 bits per heavy atom. The van der Waals surface area contributed by atoms with Crippen LogP contribution >= 0.6 is 0 Å². The van der Waals surface area contributed by atoms with Crippen molar-refractivity contribution in [2.45, 2.75) is 0 Å². The van der Waals surface area contributed by atoms with Crippen LogP contribution < -0.4 is 24.8 Å². The average molecular weight is 172 g/mol. The zero-order chi connectivity index (χ0) is 3.41. The van der Waals surface area contributed by atoms with Crippen molar-refractivity contribution < 1.29 is 46.5 Å². The second-order valence-electron chi connectivity index (χ2n) is 0.333. The topological polar surface area (TPSA) is 22.3 Å². The Morgan fingerprint density at radius 1 is 1.43 bits per heavy atom. The van der Waals surface area contributed by atoms with Gasteiger partial charge in [-0.25, -0.2) is 0 Å². The predicted octanol–water partition coefficient (Wildman–Crippen LogP) is -4.87. The minimum absolute atomic E-state index is 0. The first-order chi connectivity index (χ1) is 1.91. The number of halogens is 2. The molecule has 0 aromatic heterocycles. The molecular formula is C3H3Cl2NTi. The molecule has 2 radical (unpaired) electrons. The molecule has 0 rings (SSSR count). The van der Waals surface area contributed by atoms with E-state index in [2.05, 4.69) is 12.3 Å². The fraction of sp³-hybridized carbons (Fsp3) is 0. The molecule has 0 aliphatic rings. The molecule has 0 aromatic carbocycles. The van der Waals surface area contributed by atoms with E-state index in [4.69, 9.17) is 5.73 Å². The van der Waals surface area contributed by atoms with Crippen molar-refractivity contribution in [3.05, 3.63) is 24.2 Å². The molecular weight excluding hydrogens is 169 g/mol. The predicted molar refractivity (Wildman–Crippen MR) is 17.1 cm³/mol. The minimum atomic E-state index is 0. The molecule has 4 heteroatoms. The smallest absolute Gasteiger partial charge is 1.00 e. The largest absolute Gasteiger partial charge is 3.00 e. The van der Waals surface area contributed by atoms with Crippen LogP contribution in [0.2, 0.25) is 0 Å². The maximum absolute atomic E-state index is 7.58. The maximum atomic E-state index is 7.58. The average Bonchev–Trinajstić information content (AvgIpc) is 1.37. The summed E-state index contributed by atoms with van der Waals surface area (Å²) >= 11 is 0. The fourth-order valence-electron chi connectivity index (χ4n) is 0. The van der Waals surface area contributed by atoms with Crippen molar-refractivity contribution >= 4 is 0 Å². The molecule has 0 unspecified atom stereocenters. The number of rotatable bonds is 0. The van der Waals surface area contributed by atoms with Gasteiger partial charge in [-0.05, 0) is 0 Å². The zero-order valence-corrected chi connectivity index (χ0v) is 6.56. The molecule has 1 nitrogen and oxygen atoms in total. The summed E-state index contributed by atoms with van der Waals surface area (Å²) in [6, 6.07) is 0. The van der Waals surface area contributed by atoms with Crippen LogP contribution in [0.1, 0.15) is 0 Å². The van der Waals surface area contributed by atoms with E-state index in [-0.39, 0.29) is 46.5 Å². The Labute approximate surface area is 70.7 Å². The molecule has 0 N–H and O–H groups in total. The Morgan fingerprint density at radius 3 is 1.57 bits per heavy atom. The molecule has 0 atom stereocenters. The third-order valence-corrected chi connectivity index (χ3v) is 0.0913. The Bertz CT molecular complexity index is 50.9. The van der Waals surface area contributed by atoms with Crippen LogP contribution in [-0.4, -0.2) is 0 Å². The molecule has 0 bridgehead atoms. The molecule has 7 heavy (non-hydrogen) atoms. The number of nitrogens with zero attached hydrogens (tertiary/aromatic N) is 1. The van der Waals surface area contributed by atoms with E-state index in [1.165, 1.54) is 0 Å². The van der Waals surface area contributed by atoms with E-state index in [1.54, 1.807) is 0 Å². The summed E-state index contributed by atoms with van der Waals surface area (Å²) in [5.41, 5.74) is 9.69. The van der Waals surface area contributed by atoms with Gasteiger partial charge in [0.2, 0.25) is 0 Å². The molecule has 0 aromatic rings. The molecule has 0 amide bonds. The first-order valence-corrected chi connectivity index (χ1v) is 0.900. The van der Waals surface area contributed by atoms with Gasteiger partial charge in [0.25, 0.3) is 0 Å². The summed E-state index contributed by atoms with van der Waals surface area (Å²) in [6.07, 6.45) is 0.764. The molecule has 0 heterocycles. The first-order valence-electron chi connectivity index (χ1n) is 0.900. The van der Waals surface area contributed by atoms with Crippen molar-refractivity contribution in [3.63, 3.8) is 0 Å². The van der Waals surface area contributed by atoms with Gasteiger partial charge in [0.15, 0.2) is 0 Å². The van der Waals surface area contributed by atoms with Crippen molar-refractivity contribution in [1.82, 2.24) is 0 Å². The molecule has 0 aliphatic carbocycles. The van der Waals surface area contributed by atoms with Gasteiger partial charge in [0.1, 0.15) is 0 Å². The Hall–Kier alpha value is 0.614. The minimum Gasteiger partial charge on any atom is -1.00 e. The Kier molecular flexibility index (Phi) is 111. The summed E-state index contributed by atoms with van der Waals surface area (Å²) in [4.78, 5) is 0. The zero-order valence-electron chi connectivity index (χ0n) is 3.49. The third-order valence-electron chi connectivity index (χ3n) is 0.0913. The summed E-state index contributed by atoms with van der Waals surface area (Å²) in [5.74, 6) is 0. The maximum Gasteiger partial charge on any atom is 3.00 e. The molecule has 0 spiro atoms.